The summed E-state index contributed by atoms with van der Waals surface area (Å²) >= 11 is 0. The van der Waals surface area contributed by atoms with Gasteiger partial charge in [-0.1, -0.05) is 25.1 Å². The molecule has 4 aromatic rings. The van der Waals surface area contributed by atoms with Gasteiger partial charge in [0, 0.05) is 30.2 Å². The molecule has 0 bridgehead atoms. The van der Waals surface area contributed by atoms with Crippen LogP contribution in [0.25, 0.3) is 10.9 Å². The Balaban J connectivity index is 1.56. The van der Waals surface area contributed by atoms with Crippen molar-refractivity contribution in [1.82, 2.24) is 9.29 Å². The van der Waals surface area contributed by atoms with Gasteiger partial charge in [-0.2, -0.15) is 4.31 Å². The summed E-state index contributed by atoms with van der Waals surface area (Å²) in [5.74, 6) is 0.403. The zero-order valence-electron chi connectivity index (χ0n) is 19.7. The highest BCUT2D eigenvalue weighted by molar-refractivity contribution is 7.89. The van der Waals surface area contributed by atoms with Crippen molar-refractivity contribution in [1.29, 1.82) is 0 Å². The lowest BCUT2D eigenvalue weighted by Crippen LogP contribution is -2.32. The quantitative estimate of drug-likeness (QED) is 0.400. The maximum absolute atomic E-state index is 13.8. The number of pyridine rings is 1. The lowest BCUT2D eigenvalue weighted by molar-refractivity contribution is 0.171. The highest BCUT2D eigenvalue weighted by atomic mass is 32.2. The summed E-state index contributed by atoms with van der Waals surface area (Å²) in [6.45, 7) is 2.53. The van der Waals surface area contributed by atoms with Crippen LogP contribution in [0.5, 0.6) is 11.5 Å². The van der Waals surface area contributed by atoms with Crippen molar-refractivity contribution in [2.45, 2.75) is 31.3 Å². The van der Waals surface area contributed by atoms with Crippen LogP contribution in [-0.2, 0) is 29.5 Å². The highest BCUT2D eigenvalue weighted by Gasteiger charge is 2.28. The third-order valence-electron chi connectivity index (χ3n) is 6.16. The summed E-state index contributed by atoms with van der Waals surface area (Å²) in [6, 6.07) is 17.6. The molecule has 0 saturated heterocycles. The van der Waals surface area contributed by atoms with Gasteiger partial charge in [0.1, 0.15) is 19.0 Å². The van der Waals surface area contributed by atoms with Crippen LogP contribution in [0, 0.1) is 5.82 Å². The first kappa shape index (κ1) is 24.0. The van der Waals surface area contributed by atoms with Gasteiger partial charge in [0.15, 0.2) is 11.5 Å². The Morgan fingerprint density at radius 3 is 2.36 bits per heavy atom. The number of hydrogen-bond acceptors (Lipinski definition) is 5. The van der Waals surface area contributed by atoms with E-state index in [2.05, 4.69) is 4.98 Å². The van der Waals surface area contributed by atoms with Crippen LogP contribution in [0.15, 0.2) is 76.4 Å². The lowest BCUT2D eigenvalue weighted by atomic mass is 10.1. The van der Waals surface area contributed by atoms with Crippen LogP contribution >= 0.6 is 0 Å². The SMILES string of the molecule is CCc1ccc2[nH]c(=O)c(CN(Cc3ccc(F)cc3)S(=O)(=O)c3ccc4c(c3)OCCO4)cc2c1. The van der Waals surface area contributed by atoms with Crippen LogP contribution in [0.1, 0.15) is 23.6 Å². The van der Waals surface area contributed by atoms with Gasteiger partial charge in [-0.25, -0.2) is 12.8 Å². The van der Waals surface area contributed by atoms with E-state index in [1.54, 1.807) is 12.1 Å². The average Bonchev–Trinajstić information content (AvgIpc) is 2.89. The van der Waals surface area contributed by atoms with Crippen LogP contribution in [0.2, 0.25) is 0 Å². The van der Waals surface area contributed by atoms with Gasteiger partial charge < -0.3 is 14.5 Å². The zero-order chi connectivity index (χ0) is 25.3. The predicted molar refractivity (Wildman–Crippen MR) is 134 cm³/mol. The molecule has 7 nitrogen and oxygen atoms in total. The largest absolute Gasteiger partial charge is 0.486 e. The predicted octanol–water partition coefficient (Wildman–Crippen LogP) is 4.39. The minimum atomic E-state index is -4.07. The van der Waals surface area contributed by atoms with E-state index in [-0.39, 0.29) is 23.5 Å². The number of nitrogens with zero attached hydrogens (tertiary/aromatic N) is 1. The van der Waals surface area contributed by atoms with Gasteiger partial charge in [-0.15, -0.1) is 0 Å². The van der Waals surface area contributed by atoms with Crippen LogP contribution in [-0.4, -0.2) is 30.9 Å². The van der Waals surface area contributed by atoms with E-state index < -0.39 is 15.8 Å². The standard InChI is InChI=1S/C27H25FN2O5S/c1-2-18-5-9-24-20(13-18)14-21(27(31)29-24)17-30(16-19-3-6-22(28)7-4-19)36(32,33)23-8-10-25-26(15-23)35-12-11-34-25/h3-10,13-15H,2,11-12,16-17H2,1H3,(H,29,31). The number of fused-ring (bicyclic) bond motifs is 2. The van der Waals surface area contributed by atoms with Crippen LogP contribution < -0.4 is 15.0 Å². The molecule has 0 aliphatic carbocycles. The van der Waals surface area contributed by atoms with Gasteiger partial charge in [0.25, 0.3) is 5.56 Å². The van der Waals surface area contributed by atoms with Gasteiger partial charge in [-0.3, -0.25) is 4.79 Å². The van der Waals surface area contributed by atoms with E-state index >= 15 is 0 Å². The number of nitrogens with one attached hydrogen (secondary N) is 1. The Labute approximate surface area is 208 Å². The van der Waals surface area contributed by atoms with Crippen LogP contribution in [0.3, 0.4) is 0 Å². The number of ether oxygens (including phenoxy) is 2. The van der Waals surface area contributed by atoms with Gasteiger partial charge in [0.05, 0.1) is 4.90 Å². The molecular formula is C27H25FN2O5S. The number of halogens is 1. The topological polar surface area (TPSA) is 88.7 Å². The summed E-state index contributed by atoms with van der Waals surface area (Å²) in [5, 5.41) is 0.822. The van der Waals surface area contributed by atoms with Crippen molar-refractivity contribution in [3.63, 3.8) is 0 Å². The molecule has 0 spiro atoms. The number of aryl methyl sites for hydroxylation is 1. The van der Waals surface area contributed by atoms with E-state index in [0.29, 0.717) is 41.4 Å². The molecule has 0 saturated carbocycles. The molecule has 1 aromatic heterocycles. The third-order valence-corrected chi connectivity index (χ3v) is 7.95. The average molecular weight is 509 g/mol. The molecule has 1 N–H and O–H groups in total. The maximum atomic E-state index is 13.8. The van der Waals surface area contributed by atoms with Crippen molar-refractivity contribution in [3.05, 3.63) is 99.6 Å². The minimum Gasteiger partial charge on any atom is -0.486 e. The number of hydrogen-bond donors (Lipinski definition) is 1. The van der Waals surface area contributed by atoms with Crippen molar-refractivity contribution in [2.24, 2.45) is 0 Å². The molecule has 5 rings (SSSR count). The molecule has 0 atom stereocenters. The highest BCUT2D eigenvalue weighted by Crippen LogP contribution is 2.34. The Morgan fingerprint density at radius 1 is 0.889 bits per heavy atom. The molecule has 2 heterocycles. The summed E-state index contributed by atoms with van der Waals surface area (Å²) < 4.78 is 53.4. The van der Waals surface area contributed by atoms with Crippen molar-refractivity contribution >= 4 is 20.9 Å². The van der Waals surface area contributed by atoms with E-state index in [4.69, 9.17) is 9.47 Å². The monoisotopic (exact) mass is 508 g/mol. The minimum absolute atomic E-state index is 0.0133. The lowest BCUT2D eigenvalue weighted by Gasteiger charge is -2.24. The number of sulfonamides is 1. The molecule has 0 amide bonds. The van der Waals surface area contributed by atoms with E-state index in [9.17, 15) is 17.6 Å². The zero-order valence-corrected chi connectivity index (χ0v) is 20.5. The smallest absolute Gasteiger partial charge is 0.252 e. The number of H-pyrrole nitrogens is 1. The molecule has 0 radical (unpaired) electrons. The molecule has 3 aromatic carbocycles. The first-order valence-corrected chi connectivity index (χ1v) is 13.1. The van der Waals surface area contributed by atoms with Gasteiger partial charge in [-0.05, 0) is 65.4 Å². The Bertz CT molecular complexity index is 1580. The molecule has 0 unspecified atom stereocenters. The fraction of sp³-hybridized carbons (Fsp3) is 0.222. The summed E-state index contributed by atoms with van der Waals surface area (Å²) in [6.07, 6.45) is 0.833. The summed E-state index contributed by atoms with van der Waals surface area (Å²) in [5.41, 5.74) is 2.31. The van der Waals surface area contributed by atoms with Crippen LogP contribution in [0.4, 0.5) is 4.39 Å². The van der Waals surface area contributed by atoms with Crippen molar-refractivity contribution in [3.8, 4) is 11.5 Å². The Kier molecular flexibility index (Phi) is 6.51. The molecule has 0 fully saturated rings. The van der Waals surface area contributed by atoms with Gasteiger partial charge in [0.2, 0.25) is 10.0 Å². The van der Waals surface area contributed by atoms with E-state index in [1.165, 1.54) is 40.7 Å². The molecular weight excluding hydrogens is 483 g/mol. The molecule has 1 aliphatic heterocycles. The number of benzene rings is 3. The third kappa shape index (κ3) is 4.84. The molecule has 186 valence electrons. The number of aromatic amines is 1. The van der Waals surface area contributed by atoms with Crippen molar-refractivity contribution < 1.29 is 22.3 Å². The maximum Gasteiger partial charge on any atom is 0.252 e. The second-order valence-corrected chi connectivity index (χ2v) is 10.5. The first-order valence-electron chi connectivity index (χ1n) is 11.6. The fourth-order valence-electron chi connectivity index (χ4n) is 4.18. The molecule has 9 heteroatoms. The summed E-state index contributed by atoms with van der Waals surface area (Å²) in [4.78, 5) is 15.8. The second-order valence-electron chi connectivity index (χ2n) is 8.60. The molecule has 1 aliphatic rings. The first-order chi connectivity index (χ1) is 17.3. The van der Waals surface area contributed by atoms with Gasteiger partial charge >= 0.3 is 0 Å². The molecule has 36 heavy (non-hydrogen) atoms. The number of aromatic nitrogens is 1. The van der Waals surface area contributed by atoms with E-state index in [0.717, 1.165) is 17.4 Å². The Morgan fingerprint density at radius 2 is 1.61 bits per heavy atom. The Hall–Kier alpha value is -3.69. The number of rotatable bonds is 7. The second kappa shape index (κ2) is 9.75. The summed E-state index contributed by atoms with van der Waals surface area (Å²) in [7, 11) is -4.07. The normalized spacial score (nSPS) is 13.3. The van der Waals surface area contributed by atoms with E-state index in [1.807, 2.05) is 25.1 Å². The fourth-order valence-corrected chi connectivity index (χ4v) is 5.60. The van der Waals surface area contributed by atoms with Crippen molar-refractivity contribution in [2.75, 3.05) is 13.2 Å².